The van der Waals surface area contributed by atoms with Crippen LogP contribution in [-0.2, 0) is 6.54 Å². The molecule has 0 spiro atoms. The van der Waals surface area contributed by atoms with Crippen LogP contribution in [0.25, 0.3) is 22.6 Å². The van der Waals surface area contributed by atoms with Crippen LogP contribution in [0.2, 0.25) is 0 Å². The second-order valence-corrected chi connectivity index (χ2v) is 7.39. The molecule has 0 bridgehead atoms. The van der Waals surface area contributed by atoms with Crippen molar-refractivity contribution in [3.63, 3.8) is 0 Å². The summed E-state index contributed by atoms with van der Waals surface area (Å²) in [5.74, 6) is 0. The number of nitro groups is 1. The van der Waals surface area contributed by atoms with Crippen molar-refractivity contribution >= 4 is 39.6 Å². The number of nitro benzene ring substituents is 1. The number of thiophene rings is 1. The fourth-order valence-electron chi connectivity index (χ4n) is 3.18. The molecule has 3 rings (SSSR count). The van der Waals surface area contributed by atoms with Gasteiger partial charge in [0.25, 0.3) is 5.69 Å². The van der Waals surface area contributed by atoms with E-state index in [4.69, 9.17) is 0 Å². The maximum absolute atomic E-state index is 11.2. The second kappa shape index (κ2) is 8.65. The van der Waals surface area contributed by atoms with Crippen LogP contribution in [0.3, 0.4) is 0 Å². The minimum absolute atomic E-state index is 0.0653. The highest BCUT2D eigenvalue weighted by Gasteiger charge is 2.14. The first-order chi connectivity index (χ1) is 13.1. The third-order valence-corrected chi connectivity index (χ3v) is 5.47. The Bertz CT molecular complexity index is 1010. The van der Waals surface area contributed by atoms with Crippen LogP contribution >= 0.6 is 11.3 Å². The van der Waals surface area contributed by atoms with E-state index in [0.717, 1.165) is 40.7 Å². The molecule has 2 aromatic heterocycles. The number of allylic oxidation sites excluding steroid dienone is 1. The Balaban J connectivity index is 2.05. The number of hydrogen-bond acceptors (Lipinski definition) is 4. The number of aromatic nitrogens is 1. The maximum atomic E-state index is 11.2. The fraction of sp³-hybridized carbons (Fsp3) is 0.286. The molecule has 0 aliphatic carbocycles. The SMILES string of the molecule is CCCCCCn1cc(/C=C(\C#N)c2cccs2)c2cc([N+](=O)[O-])ccc21. The number of benzene rings is 1. The Morgan fingerprint density at radius 2 is 2.19 bits per heavy atom. The van der Waals surface area contributed by atoms with Crippen molar-refractivity contribution in [3.8, 4) is 6.07 Å². The molecule has 1 aromatic carbocycles. The van der Waals surface area contributed by atoms with E-state index in [1.165, 1.54) is 24.2 Å². The van der Waals surface area contributed by atoms with E-state index in [9.17, 15) is 15.4 Å². The van der Waals surface area contributed by atoms with Gasteiger partial charge in [-0.25, -0.2) is 0 Å². The van der Waals surface area contributed by atoms with Gasteiger partial charge in [0, 0.05) is 46.2 Å². The molecule has 0 atom stereocenters. The van der Waals surface area contributed by atoms with Gasteiger partial charge in [-0.2, -0.15) is 5.26 Å². The number of hydrogen-bond donors (Lipinski definition) is 0. The van der Waals surface area contributed by atoms with Crippen LogP contribution in [0.4, 0.5) is 5.69 Å². The zero-order valence-corrected chi connectivity index (χ0v) is 16.0. The van der Waals surface area contributed by atoms with Gasteiger partial charge >= 0.3 is 0 Å². The van der Waals surface area contributed by atoms with Crippen molar-refractivity contribution in [3.05, 3.63) is 62.5 Å². The van der Waals surface area contributed by atoms with Gasteiger partial charge in [0.1, 0.15) is 6.07 Å². The summed E-state index contributed by atoms with van der Waals surface area (Å²) < 4.78 is 2.14. The van der Waals surface area contributed by atoms with Gasteiger partial charge in [-0.05, 0) is 30.0 Å². The molecule has 0 fully saturated rings. The van der Waals surface area contributed by atoms with Gasteiger partial charge in [0.2, 0.25) is 0 Å². The molecular weight excluding hydrogens is 358 g/mol. The van der Waals surface area contributed by atoms with Gasteiger partial charge in [-0.1, -0.05) is 32.3 Å². The van der Waals surface area contributed by atoms with Crippen LogP contribution < -0.4 is 0 Å². The number of rotatable bonds is 8. The van der Waals surface area contributed by atoms with Gasteiger partial charge in [-0.3, -0.25) is 10.1 Å². The van der Waals surface area contributed by atoms with Crippen molar-refractivity contribution in [2.45, 2.75) is 39.2 Å². The lowest BCUT2D eigenvalue weighted by Gasteiger charge is -2.04. The van der Waals surface area contributed by atoms with E-state index in [0.29, 0.717) is 5.57 Å². The van der Waals surface area contributed by atoms with Crippen molar-refractivity contribution < 1.29 is 4.92 Å². The van der Waals surface area contributed by atoms with Crippen LogP contribution in [0.1, 0.15) is 43.0 Å². The first-order valence-corrected chi connectivity index (χ1v) is 9.95. The first-order valence-electron chi connectivity index (χ1n) is 9.07. The molecular formula is C21H21N3O2S. The zero-order valence-electron chi connectivity index (χ0n) is 15.2. The average molecular weight is 379 g/mol. The summed E-state index contributed by atoms with van der Waals surface area (Å²) in [4.78, 5) is 11.7. The predicted octanol–water partition coefficient (Wildman–Crippen LogP) is 6.26. The van der Waals surface area contributed by atoms with E-state index >= 15 is 0 Å². The summed E-state index contributed by atoms with van der Waals surface area (Å²) in [5, 5.41) is 23.5. The number of non-ortho nitro benzene ring substituents is 1. The van der Waals surface area contributed by atoms with E-state index in [-0.39, 0.29) is 10.6 Å². The van der Waals surface area contributed by atoms with Gasteiger partial charge in [0.15, 0.2) is 0 Å². The van der Waals surface area contributed by atoms with E-state index < -0.39 is 0 Å². The summed E-state index contributed by atoms with van der Waals surface area (Å²) in [5.41, 5.74) is 2.44. The van der Waals surface area contributed by atoms with Gasteiger partial charge in [0.05, 0.1) is 10.5 Å². The monoisotopic (exact) mass is 379 g/mol. The topological polar surface area (TPSA) is 71.9 Å². The van der Waals surface area contributed by atoms with E-state index in [2.05, 4.69) is 17.6 Å². The lowest BCUT2D eigenvalue weighted by Crippen LogP contribution is -1.96. The molecule has 0 saturated carbocycles. The molecule has 138 valence electrons. The van der Waals surface area contributed by atoms with Crippen molar-refractivity contribution in [2.75, 3.05) is 0 Å². The van der Waals surface area contributed by atoms with Crippen molar-refractivity contribution in [2.24, 2.45) is 0 Å². The first kappa shape index (κ1) is 18.9. The smallest absolute Gasteiger partial charge is 0.270 e. The molecule has 27 heavy (non-hydrogen) atoms. The van der Waals surface area contributed by atoms with Crippen LogP contribution in [0, 0.1) is 21.4 Å². The Hall–Kier alpha value is -2.91. The van der Waals surface area contributed by atoms with Gasteiger partial charge in [-0.15, -0.1) is 11.3 Å². The highest BCUT2D eigenvalue weighted by molar-refractivity contribution is 7.11. The third-order valence-electron chi connectivity index (χ3n) is 4.57. The molecule has 2 heterocycles. The summed E-state index contributed by atoms with van der Waals surface area (Å²) >= 11 is 1.51. The normalized spacial score (nSPS) is 11.6. The molecule has 5 nitrogen and oxygen atoms in total. The molecule has 0 N–H and O–H groups in total. The minimum atomic E-state index is -0.379. The predicted molar refractivity (Wildman–Crippen MR) is 111 cm³/mol. The molecule has 6 heteroatoms. The molecule has 0 aliphatic rings. The number of fused-ring (bicyclic) bond motifs is 1. The molecule has 0 unspecified atom stereocenters. The number of nitrogens with zero attached hydrogens (tertiary/aromatic N) is 3. The molecule has 0 saturated heterocycles. The Labute approximate surface area is 162 Å². The molecule has 0 radical (unpaired) electrons. The Kier molecular flexibility index (Phi) is 6.05. The standard InChI is InChI=1S/C21H21N3O2S/c1-2-3-4-5-10-23-15-17(12-16(14-22)21-7-6-11-27-21)19-13-18(24(25)26)8-9-20(19)23/h6-9,11-13,15H,2-5,10H2,1H3/b16-12+. The largest absolute Gasteiger partial charge is 0.347 e. The summed E-state index contributed by atoms with van der Waals surface area (Å²) in [6.45, 7) is 3.05. The fourth-order valence-corrected chi connectivity index (χ4v) is 3.87. The molecule has 3 aromatic rings. The van der Waals surface area contributed by atoms with Crippen LogP contribution in [-0.4, -0.2) is 9.49 Å². The molecule has 0 amide bonds. The van der Waals surface area contributed by atoms with E-state index in [1.54, 1.807) is 12.1 Å². The summed E-state index contributed by atoms with van der Waals surface area (Å²) in [6.07, 6.45) is 8.44. The summed E-state index contributed by atoms with van der Waals surface area (Å²) in [7, 11) is 0. The van der Waals surface area contributed by atoms with Crippen molar-refractivity contribution in [1.82, 2.24) is 4.57 Å². The van der Waals surface area contributed by atoms with Gasteiger partial charge < -0.3 is 4.57 Å². The highest BCUT2D eigenvalue weighted by Crippen LogP contribution is 2.30. The average Bonchev–Trinajstić information content (AvgIpc) is 3.31. The highest BCUT2D eigenvalue weighted by atomic mass is 32.1. The molecule has 0 aliphatic heterocycles. The second-order valence-electron chi connectivity index (χ2n) is 6.44. The zero-order chi connectivity index (χ0) is 19.2. The Morgan fingerprint density at radius 3 is 2.85 bits per heavy atom. The number of nitriles is 1. The van der Waals surface area contributed by atoms with Crippen molar-refractivity contribution in [1.29, 1.82) is 5.26 Å². The lowest BCUT2D eigenvalue weighted by molar-refractivity contribution is -0.384. The maximum Gasteiger partial charge on any atom is 0.270 e. The summed E-state index contributed by atoms with van der Waals surface area (Å²) in [6, 6.07) is 11.0. The lowest BCUT2D eigenvalue weighted by atomic mass is 10.1. The Morgan fingerprint density at radius 1 is 1.33 bits per heavy atom. The van der Waals surface area contributed by atoms with Crippen LogP contribution in [0.5, 0.6) is 0 Å². The van der Waals surface area contributed by atoms with E-state index in [1.807, 2.05) is 35.9 Å². The minimum Gasteiger partial charge on any atom is -0.347 e. The van der Waals surface area contributed by atoms with Crippen LogP contribution in [0.15, 0.2) is 41.9 Å². The number of aryl methyl sites for hydroxylation is 1. The number of unbranched alkanes of at least 4 members (excludes halogenated alkanes) is 3. The third kappa shape index (κ3) is 4.26. The quantitative estimate of drug-likeness (QED) is 0.201.